The van der Waals surface area contributed by atoms with E-state index >= 15 is 0 Å². The van der Waals surface area contributed by atoms with Crippen LogP contribution in [0.3, 0.4) is 0 Å². The fourth-order valence-corrected chi connectivity index (χ4v) is 3.10. The molecule has 3 aromatic rings. The molecule has 1 aromatic carbocycles. The van der Waals surface area contributed by atoms with Gasteiger partial charge in [0.1, 0.15) is 17.9 Å². The summed E-state index contributed by atoms with van der Waals surface area (Å²) in [5, 5.41) is 3.02. The van der Waals surface area contributed by atoms with Gasteiger partial charge in [0, 0.05) is 18.4 Å². The molecule has 0 aliphatic rings. The van der Waals surface area contributed by atoms with Crippen molar-refractivity contribution in [3.05, 3.63) is 62.4 Å². The van der Waals surface area contributed by atoms with Crippen LogP contribution in [0.5, 0.6) is 5.75 Å². The van der Waals surface area contributed by atoms with E-state index in [-0.39, 0.29) is 6.54 Å². The van der Waals surface area contributed by atoms with E-state index in [0.29, 0.717) is 40.3 Å². The average Bonchev–Trinajstić information content (AvgIpc) is 2.64. The molecule has 0 saturated heterocycles. The molecule has 0 saturated carbocycles. The second-order valence-electron chi connectivity index (χ2n) is 6.52. The molecule has 0 fully saturated rings. The molecule has 0 aliphatic heterocycles. The second-order valence-corrected chi connectivity index (χ2v) is 6.52. The molecule has 0 bridgehead atoms. The lowest BCUT2D eigenvalue weighted by Gasteiger charge is -2.12. The molecule has 146 valence electrons. The number of rotatable bonds is 5. The first kappa shape index (κ1) is 19.3. The monoisotopic (exact) mass is 382 g/mol. The van der Waals surface area contributed by atoms with Crippen molar-refractivity contribution < 1.29 is 9.53 Å². The maximum absolute atomic E-state index is 12.9. The van der Waals surface area contributed by atoms with Crippen LogP contribution >= 0.6 is 0 Å². The first-order valence-corrected chi connectivity index (χ1v) is 8.92. The summed E-state index contributed by atoms with van der Waals surface area (Å²) >= 11 is 0. The summed E-state index contributed by atoms with van der Waals surface area (Å²) < 4.78 is 7.58. The highest BCUT2D eigenvalue weighted by atomic mass is 16.5. The number of carbonyl (C=O) groups is 1. The van der Waals surface area contributed by atoms with Crippen molar-refractivity contribution in [1.82, 2.24) is 14.1 Å². The first-order valence-electron chi connectivity index (χ1n) is 8.92. The Hall–Kier alpha value is -3.42. The maximum Gasteiger partial charge on any atom is 0.332 e. The molecule has 1 N–H and O–H groups in total. The fraction of sp³-hybridized carbons (Fsp3) is 0.300. The van der Waals surface area contributed by atoms with Crippen LogP contribution in [0, 0.1) is 13.8 Å². The van der Waals surface area contributed by atoms with Crippen molar-refractivity contribution in [1.29, 1.82) is 0 Å². The number of fused-ring (bicyclic) bond motifs is 1. The van der Waals surface area contributed by atoms with E-state index in [0.717, 1.165) is 4.57 Å². The van der Waals surface area contributed by atoms with E-state index in [1.165, 1.54) is 11.6 Å². The van der Waals surface area contributed by atoms with Crippen LogP contribution < -0.4 is 21.3 Å². The van der Waals surface area contributed by atoms with Gasteiger partial charge in [-0.1, -0.05) is 0 Å². The number of aromatic nitrogens is 3. The van der Waals surface area contributed by atoms with Gasteiger partial charge < -0.3 is 10.1 Å². The molecule has 8 heteroatoms. The predicted molar refractivity (Wildman–Crippen MR) is 107 cm³/mol. The number of aryl methyl sites for hydroxylation is 3. The van der Waals surface area contributed by atoms with E-state index in [1.54, 1.807) is 44.2 Å². The van der Waals surface area contributed by atoms with Crippen molar-refractivity contribution in [2.45, 2.75) is 27.3 Å². The number of amides is 1. The zero-order chi connectivity index (χ0) is 20.4. The molecule has 1 amide bonds. The van der Waals surface area contributed by atoms with Gasteiger partial charge in [-0.25, -0.2) is 9.78 Å². The minimum Gasteiger partial charge on any atom is -0.494 e. The lowest BCUT2D eigenvalue weighted by atomic mass is 10.2. The van der Waals surface area contributed by atoms with Gasteiger partial charge in [-0.2, -0.15) is 0 Å². The molecule has 0 spiro atoms. The Kier molecular flexibility index (Phi) is 5.30. The highest BCUT2D eigenvalue weighted by Gasteiger charge is 2.16. The summed E-state index contributed by atoms with van der Waals surface area (Å²) in [7, 11) is 1.54. The van der Waals surface area contributed by atoms with Crippen molar-refractivity contribution in [3.63, 3.8) is 0 Å². The van der Waals surface area contributed by atoms with E-state index in [9.17, 15) is 14.4 Å². The van der Waals surface area contributed by atoms with Gasteiger partial charge in [0.2, 0.25) is 5.91 Å². The summed E-state index contributed by atoms with van der Waals surface area (Å²) in [6.07, 6.45) is 0. The minimum atomic E-state index is -0.586. The molecule has 0 aliphatic carbocycles. The van der Waals surface area contributed by atoms with Gasteiger partial charge in [0.25, 0.3) is 5.56 Å². The third-order valence-electron chi connectivity index (χ3n) is 4.37. The Labute approximate surface area is 161 Å². The normalized spacial score (nSPS) is 10.9. The van der Waals surface area contributed by atoms with Crippen molar-refractivity contribution in [2.24, 2.45) is 7.05 Å². The SMILES string of the molecule is CCOc1ccc(NC(=O)Cn2c(=O)c3c(C)cc(C)nc3n(C)c2=O)cc1. The Morgan fingerprint density at radius 3 is 2.50 bits per heavy atom. The number of nitrogens with zero attached hydrogens (tertiary/aromatic N) is 3. The molecule has 2 heterocycles. The largest absolute Gasteiger partial charge is 0.494 e. The van der Waals surface area contributed by atoms with Gasteiger partial charge in [-0.05, 0) is 56.7 Å². The highest BCUT2D eigenvalue weighted by Crippen LogP contribution is 2.16. The molecule has 3 rings (SSSR count). The molecular formula is C20H22N4O4. The van der Waals surface area contributed by atoms with Gasteiger partial charge in [0.15, 0.2) is 0 Å². The van der Waals surface area contributed by atoms with E-state index in [2.05, 4.69) is 10.3 Å². The maximum atomic E-state index is 12.9. The molecule has 8 nitrogen and oxygen atoms in total. The Balaban J connectivity index is 1.92. The number of hydrogen-bond acceptors (Lipinski definition) is 5. The molecule has 0 radical (unpaired) electrons. The van der Waals surface area contributed by atoms with Crippen LogP contribution in [0.4, 0.5) is 5.69 Å². The summed E-state index contributed by atoms with van der Waals surface area (Å²) in [5.74, 6) is 0.221. The van der Waals surface area contributed by atoms with Gasteiger partial charge in [-0.15, -0.1) is 0 Å². The van der Waals surface area contributed by atoms with E-state index in [1.807, 2.05) is 6.92 Å². The summed E-state index contributed by atoms with van der Waals surface area (Å²) in [5.41, 5.74) is 1.18. The quantitative estimate of drug-likeness (QED) is 0.725. The van der Waals surface area contributed by atoms with Crippen LogP contribution in [0.15, 0.2) is 39.9 Å². The summed E-state index contributed by atoms with van der Waals surface area (Å²) in [6, 6.07) is 8.63. The van der Waals surface area contributed by atoms with Gasteiger partial charge in [0.05, 0.1) is 12.0 Å². The fourth-order valence-electron chi connectivity index (χ4n) is 3.10. The molecule has 28 heavy (non-hydrogen) atoms. The lowest BCUT2D eigenvalue weighted by Crippen LogP contribution is -2.42. The highest BCUT2D eigenvalue weighted by molar-refractivity contribution is 5.90. The van der Waals surface area contributed by atoms with Gasteiger partial charge >= 0.3 is 5.69 Å². The molecule has 0 atom stereocenters. The second kappa shape index (κ2) is 7.67. The zero-order valence-corrected chi connectivity index (χ0v) is 16.3. The third kappa shape index (κ3) is 3.66. The van der Waals surface area contributed by atoms with E-state index < -0.39 is 17.2 Å². The number of pyridine rings is 1. The van der Waals surface area contributed by atoms with Crippen molar-refractivity contribution in [2.75, 3.05) is 11.9 Å². The third-order valence-corrected chi connectivity index (χ3v) is 4.37. The number of ether oxygens (including phenoxy) is 1. The van der Waals surface area contributed by atoms with Gasteiger partial charge in [-0.3, -0.25) is 18.7 Å². The number of benzene rings is 1. The number of nitrogens with one attached hydrogen (secondary N) is 1. The zero-order valence-electron chi connectivity index (χ0n) is 16.3. The Morgan fingerprint density at radius 2 is 1.86 bits per heavy atom. The predicted octanol–water partition coefficient (Wildman–Crippen LogP) is 1.75. The van der Waals surface area contributed by atoms with Crippen LogP contribution in [0.1, 0.15) is 18.2 Å². The average molecular weight is 382 g/mol. The Morgan fingerprint density at radius 1 is 1.18 bits per heavy atom. The van der Waals surface area contributed by atoms with E-state index in [4.69, 9.17) is 4.74 Å². The molecular weight excluding hydrogens is 360 g/mol. The molecule has 0 unspecified atom stereocenters. The topological polar surface area (TPSA) is 95.2 Å². The first-order chi connectivity index (χ1) is 13.3. The lowest BCUT2D eigenvalue weighted by molar-refractivity contribution is -0.116. The van der Waals surface area contributed by atoms with Crippen LogP contribution in [-0.2, 0) is 18.4 Å². The summed E-state index contributed by atoms with van der Waals surface area (Å²) in [4.78, 5) is 42.2. The van der Waals surface area contributed by atoms with Crippen LogP contribution in [0.2, 0.25) is 0 Å². The van der Waals surface area contributed by atoms with Crippen molar-refractivity contribution in [3.8, 4) is 5.75 Å². The number of hydrogen-bond donors (Lipinski definition) is 1. The number of anilines is 1. The van der Waals surface area contributed by atoms with Crippen LogP contribution in [-0.4, -0.2) is 26.6 Å². The smallest absolute Gasteiger partial charge is 0.332 e. The minimum absolute atomic E-state index is 0.315. The molecule has 2 aromatic heterocycles. The van der Waals surface area contributed by atoms with Crippen molar-refractivity contribution >= 4 is 22.6 Å². The summed E-state index contributed by atoms with van der Waals surface area (Å²) in [6.45, 7) is 5.63. The number of carbonyl (C=O) groups excluding carboxylic acids is 1. The van der Waals surface area contributed by atoms with Crippen LogP contribution in [0.25, 0.3) is 11.0 Å². The Bertz CT molecular complexity index is 1160. The standard InChI is InChI=1S/C20H22N4O4/c1-5-28-15-8-6-14(7-9-15)22-16(25)11-24-19(26)17-12(2)10-13(3)21-18(17)23(4)20(24)27/h6-10H,5,11H2,1-4H3,(H,22,25).